The molecule has 1 aromatic rings. The van der Waals surface area contributed by atoms with Gasteiger partial charge in [0, 0.05) is 5.56 Å². The first kappa shape index (κ1) is 13.3. The fourth-order valence-electron chi connectivity index (χ4n) is 2.63. The fourth-order valence-corrected chi connectivity index (χ4v) is 2.63. The average molecular weight is 248 g/mol. The molecule has 2 rings (SSSR count). The summed E-state index contributed by atoms with van der Waals surface area (Å²) in [4.78, 5) is 0. The van der Waals surface area contributed by atoms with Crippen LogP contribution in [-0.4, -0.2) is 6.79 Å². The maximum atomic E-state index is 5.65. The number of ether oxygens (including phenoxy) is 2. The molecule has 0 amide bonds. The third-order valence-electron chi connectivity index (χ3n) is 3.68. The lowest BCUT2D eigenvalue weighted by molar-refractivity contribution is 0.172. The molecule has 2 nitrogen and oxygen atoms in total. The molecule has 0 atom stereocenters. The van der Waals surface area contributed by atoms with E-state index in [1.165, 1.54) is 44.1 Å². The van der Waals surface area contributed by atoms with E-state index < -0.39 is 0 Å². The van der Waals surface area contributed by atoms with E-state index in [4.69, 9.17) is 9.47 Å². The van der Waals surface area contributed by atoms with Crippen LogP contribution in [0.1, 0.15) is 63.9 Å². The second-order valence-corrected chi connectivity index (χ2v) is 5.06. The van der Waals surface area contributed by atoms with Gasteiger partial charge in [-0.25, -0.2) is 0 Å². The van der Waals surface area contributed by atoms with Crippen molar-refractivity contribution in [2.45, 2.75) is 58.3 Å². The van der Waals surface area contributed by atoms with E-state index in [1.54, 1.807) is 0 Å². The summed E-state index contributed by atoms with van der Waals surface area (Å²) in [6.45, 7) is 4.89. The maximum absolute atomic E-state index is 5.65. The molecule has 1 aliphatic heterocycles. The molecule has 2 heteroatoms. The molecule has 1 aromatic carbocycles. The Hall–Kier alpha value is -1.18. The average Bonchev–Trinajstić information content (AvgIpc) is 2.87. The van der Waals surface area contributed by atoms with Crippen LogP contribution in [0.4, 0.5) is 0 Å². The van der Waals surface area contributed by atoms with E-state index in [0.717, 1.165) is 11.5 Å². The van der Waals surface area contributed by atoms with Crippen molar-refractivity contribution in [1.29, 1.82) is 0 Å². The van der Waals surface area contributed by atoms with Gasteiger partial charge in [0.25, 0.3) is 0 Å². The second kappa shape index (κ2) is 6.67. The Kier molecular flexibility index (Phi) is 4.91. The predicted octanol–water partition coefficient (Wildman–Crippen LogP) is 4.88. The van der Waals surface area contributed by atoms with Crippen LogP contribution in [0.25, 0.3) is 0 Å². The van der Waals surface area contributed by atoms with E-state index in [1.807, 2.05) is 6.07 Å². The topological polar surface area (TPSA) is 18.5 Å². The van der Waals surface area contributed by atoms with Crippen molar-refractivity contribution in [3.8, 4) is 11.5 Å². The molecule has 0 fully saturated rings. The van der Waals surface area contributed by atoms with Crippen LogP contribution in [-0.2, 0) is 0 Å². The van der Waals surface area contributed by atoms with Gasteiger partial charge in [-0.15, -0.1) is 0 Å². The highest BCUT2D eigenvalue weighted by Crippen LogP contribution is 2.42. The van der Waals surface area contributed by atoms with Crippen molar-refractivity contribution in [3.05, 3.63) is 23.8 Å². The van der Waals surface area contributed by atoms with Gasteiger partial charge in [-0.3, -0.25) is 0 Å². The van der Waals surface area contributed by atoms with E-state index in [0.29, 0.717) is 12.7 Å². The Morgan fingerprint density at radius 3 is 2.44 bits per heavy atom. The van der Waals surface area contributed by atoms with E-state index in [2.05, 4.69) is 26.0 Å². The summed E-state index contributed by atoms with van der Waals surface area (Å²) in [5, 5.41) is 0. The van der Waals surface area contributed by atoms with Gasteiger partial charge >= 0.3 is 0 Å². The number of hydrogen-bond donors (Lipinski definition) is 0. The molecule has 0 saturated carbocycles. The first-order chi connectivity index (χ1) is 8.86. The van der Waals surface area contributed by atoms with Gasteiger partial charge in [0.2, 0.25) is 6.79 Å². The third-order valence-corrected chi connectivity index (χ3v) is 3.68. The van der Waals surface area contributed by atoms with Gasteiger partial charge in [0.1, 0.15) is 0 Å². The Labute approximate surface area is 110 Å². The van der Waals surface area contributed by atoms with Crippen molar-refractivity contribution in [1.82, 2.24) is 0 Å². The lowest BCUT2D eigenvalue weighted by Crippen LogP contribution is -2.01. The molecule has 0 radical (unpaired) electrons. The largest absolute Gasteiger partial charge is 0.454 e. The van der Waals surface area contributed by atoms with Crippen LogP contribution < -0.4 is 9.47 Å². The molecule has 100 valence electrons. The van der Waals surface area contributed by atoms with Crippen LogP contribution in [0.5, 0.6) is 11.5 Å². The summed E-state index contributed by atoms with van der Waals surface area (Å²) < 4.78 is 11.1. The fraction of sp³-hybridized carbons (Fsp3) is 0.625. The number of rotatable bonds is 7. The Morgan fingerprint density at radius 2 is 1.78 bits per heavy atom. The number of hydrogen-bond acceptors (Lipinski definition) is 2. The van der Waals surface area contributed by atoms with Crippen molar-refractivity contribution in [2.24, 2.45) is 0 Å². The molecule has 0 aliphatic carbocycles. The normalized spacial score (nSPS) is 13.3. The van der Waals surface area contributed by atoms with Gasteiger partial charge in [0.15, 0.2) is 11.5 Å². The quantitative estimate of drug-likeness (QED) is 0.684. The summed E-state index contributed by atoms with van der Waals surface area (Å²) in [6.07, 6.45) is 7.62. The monoisotopic (exact) mass is 248 g/mol. The summed E-state index contributed by atoms with van der Waals surface area (Å²) in [5.74, 6) is 2.54. The Balaban J connectivity index is 2.16. The van der Waals surface area contributed by atoms with Crippen LogP contribution in [0.2, 0.25) is 0 Å². The van der Waals surface area contributed by atoms with Crippen molar-refractivity contribution in [3.63, 3.8) is 0 Å². The minimum atomic E-state index is 0.376. The van der Waals surface area contributed by atoms with Crippen LogP contribution in [0.3, 0.4) is 0 Å². The van der Waals surface area contributed by atoms with E-state index >= 15 is 0 Å². The molecule has 1 heterocycles. The molecule has 18 heavy (non-hydrogen) atoms. The van der Waals surface area contributed by atoms with Gasteiger partial charge in [0.05, 0.1) is 0 Å². The summed E-state index contributed by atoms with van der Waals surface area (Å²) >= 11 is 0. The lowest BCUT2D eigenvalue weighted by atomic mass is 9.88. The van der Waals surface area contributed by atoms with Crippen LogP contribution in [0, 0.1) is 0 Å². The molecular formula is C16H24O2. The van der Waals surface area contributed by atoms with Crippen molar-refractivity contribution < 1.29 is 9.47 Å². The highest BCUT2D eigenvalue weighted by molar-refractivity contribution is 5.49. The van der Waals surface area contributed by atoms with Gasteiger partial charge < -0.3 is 9.47 Å². The van der Waals surface area contributed by atoms with Crippen molar-refractivity contribution >= 4 is 0 Å². The van der Waals surface area contributed by atoms with Crippen LogP contribution in [0.15, 0.2) is 18.2 Å². The molecule has 0 unspecified atom stereocenters. The maximum Gasteiger partial charge on any atom is 0.231 e. The van der Waals surface area contributed by atoms with Crippen molar-refractivity contribution in [2.75, 3.05) is 6.79 Å². The van der Waals surface area contributed by atoms with Gasteiger partial charge in [-0.1, -0.05) is 51.7 Å². The number of unbranched alkanes of at least 4 members (excludes halogenated alkanes) is 2. The van der Waals surface area contributed by atoms with Crippen LogP contribution >= 0.6 is 0 Å². The standard InChI is InChI=1S/C16H24O2/c1-3-5-8-13(9-6-4-2)14-10-7-11-15-16(14)18-12-17-15/h7,10-11,13H,3-6,8-9,12H2,1-2H3. The SMILES string of the molecule is CCCCC(CCCC)c1cccc2c1OCO2. The Morgan fingerprint density at radius 1 is 1.06 bits per heavy atom. The molecule has 0 bridgehead atoms. The minimum Gasteiger partial charge on any atom is -0.454 e. The van der Waals surface area contributed by atoms with Gasteiger partial charge in [-0.05, 0) is 24.8 Å². The minimum absolute atomic E-state index is 0.376. The molecule has 0 aromatic heterocycles. The molecule has 0 spiro atoms. The molecule has 1 aliphatic rings. The first-order valence-corrected chi connectivity index (χ1v) is 7.25. The lowest BCUT2D eigenvalue weighted by Gasteiger charge is -2.18. The summed E-state index contributed by atoms with van der Waals surface area (Å²) in [6, 6.07) is 6.31. The molecule has 0 N–H and O–H groups in total. The first-order valence-electron chi connectivity index (χ1n) is 7.25. The highest BCUT2D eigenvalue weighted by Gasteiger charge is 2.22. The number of fused-ring (bicyclic) bond motifs is 1. The summed E-state index contributed by atoms with van der Waals surface area (Å²) in [7, 11) is 0. The molecule has 0 saturated heterocycles. The number of benzene rings is 1. The molecular weight excluding hydrogens is 224 g/mol. The zero-order valence-electron chi connectivity index (χ0n) is 11.6. The second-order valence-electron chi connectivity index (χ2n) is 5.06. The van der Waals surface area contributed by atoms with Gasteiger partial charge in [-0.2, -0.15) is 0 Å². The third kappa shape index (κ3) is 2.98. The van der Waals surface area contributed by atoms with E-state index in [9.17, 15) is 0 Å². The zero-order chi connectivity index (χ0) is 12.8. The van der Waals surface area contributed by atoms with E-state index in [-0.39, 0.29) is 0 Å². The summed E-state index contributed by atoms with van der Waals surface area (Å²) in [5.41, 5.74) is 1.35. The smallest absolute Gasteiger partial charge is 0.231 e. The zero-order valence-corrected chi connectivity index (χ0v) is 11.6. The highest BCUT2D eigenvalue weighted by atomic mass is 16.7. The number of para-hydroxylation sites is 1. The Bertz CT molecular complexity index is 365. The predicted molar refractivity (Wildman–Crippen MR) is 74.4 cm³/mol.